The molecule has 0 spiro atoms. The molecule has 3 rings (SSSR count). The van der Waals surface area contributed by atoms with Gasteiger partial charge in [-0.1, -0.05) is 12.8 Å². The fourth-order valence-corrected chi connectivity index (χ4v) is 3.88. The molecular formula is C19H24Cl2N2O3. The lowest BCUT2D eigenvalue weighted by Gasteiger charge is -2.22. The minimum absolute atomic E-state index is 0.335. The van der Waals surface area contributed by atoms with Gasteiger partial charge in [0.2, 0.25) is 0 Å². The van der Waals surface area contributed by atoms with Gasteiger partial charge in [-0.2, -0.15) is 0 Å². The molecule has 1 aromatic rings. The van der Waals surface area contributed by atoms with E-state index in [1.807, 2.05) is 24.3 Å². The molecule has 1 saturated heterocycles. The van der Waals surface area contributed by atoms with Crippen molar-refractivity contribution in [2.75, 3.05) is 29.9 Å². The van der Waals surface area contributed by atoms with E-state index in [2.05, 4.69) is 10.2 Å². The van der Waals surface area contributed by atoms with Crippen molar-refractivity contribution in [3.8, 4) is 0 Å². The smallest absolute Gasteiger partial charge is 0.315 e. The maximum Gasteiger partial charge on any atom is 0.315 e. The second kappa shape index (κ2) is 7.65. The average Bonchev–Trinajstić information content (AvgIpc) is 3.24. The summed E-state index contributed by atoms with van der Waals surface area (Å²) < 4.78 is 3.95. The van der Waals surface area contributed by atoms with Gasteiger partial charge >= 0.3 is 5.97 Å². The van der Waals surface area contributed by atoms with Crippen LogP contribution in [-0.4, -0.2) is 35.9 Å². The molecule has 26 heavy (non-hydrogen) atoms. The normalized spacial score (nSPS) is 24.5. The first-order valence-electron chi connectivity index (χ1n) is 9.02. The number of ether oxygens (including phenoxy) is 1. The molecule has 0 radical (unpaired) electrons. The summed E-state index contributed by atoms with van der Waals surface area (Å²) in [5.74, 6) is -0.936. The average molecular weight is 399 g/mol. The molecule has 5 nitrogen and oxygen atoms in total. The SMILES string of the molecule is C[C@@]1(C(=O)OCC(=O)Nc2ccc(N3CCCCCC3)cc2)CC1(Cl)Cl. The zero-order valence-electron chi connectivity index (χ0n) is 14.9. The third kappa shape index (κ3) is 4.26. The number of hydrogen-bond acceptors (Lipinski definition) is 4. The summed E-state index contributed by atoms with van der Waals surface area (Å²) in [5.41, 5.74) is 0.912. The summed E-state index contributed by atoms with van der Waals surface area (Å²) in [6.07, 6.45) is 5.35. The summed E-state index contributed by atoms with van der Waals surface area (Å²) in [5, 5.41) is 2.73. The Morgan fingerprint density at radius 1 is 1.12 bits per heavy atom. The van der Waals surface area contributed by atoms with E-state index in [0.717, 1.165) is 13.1 Å². The third-order valence-electron chi connectivity index (χ3n) is 5.16. The standard InChI is InChI=1S/C19H24Cl2N2O3/c1-18(13-19(18,20)21)17(25)26-12-16(24)22-14-6-8-15(9-7-14)23-10-4-2-3-5-11-23/h6-9H,2-5,10-13H2,1H3,(H,22,24)/t18-/m0/s1. The number of carbonyl (C=O) groups excluding carboxylic acids is 2. The number of carbonyl (C=O) groups is 2. The van der Waals surface area contributed by atoms with Crippen LogP contribution in [0.4, 0.5) is 11.4 Å². The number of nitrogens with zero attached hydrogens (tertiary/aromatic N) is 1. The van der Waals surface area contributed by atoms with E-state index in [9.17, 15) is 9.59 Å². The summed E-state index contributed by atoms with van der Waals surface area (Å²) in [4.78, 5) is 26.3. The molecule has 2 aliphatic rings. The van der Waals surface area contributed by atoms with Gasteiger partial charge in [-0.25, -0.2) is 0 Å². The number of esters is 1. The van der Waals surface area contributed by atoms with Crippen LogP contribution < -0.4 is 10.2 Å². The predicted octanol–water partition coefficient (Wildman–Crippen LogP) is 4.13. The van der Waals surface area contributed by atoms with Crippen LogP contribution in [0, 0.1) is 5.41 Å². The predicted molar refractivity (Wildman–Crippen MR) is 104 cm³/mol. The molecule has 1 heterocycles. The summed E-state index contributed by atoms with van der Waals surface area (Å²) >= 11 is 11.9. The highest BCUT2D eigenvalue weighted by Crippen LogP contribution is 2.64. The van der Waals surface area contributed by atoms with Crippen molar-refractivity contribution in [1.82, 2.24) is 0 Å². The molecule has 1 amide bonds. The minimum atomic E-state index is -1.09. The van der Waals surface area contributed by atoms with E-state index >= 15 is 0 Å². The molecular weight excluding hydrogens is 375 g/mol. The van der Waals surface area contributed by atoms with Gasteiger partial charge < -0.3 is 15.0 Å². The Morgan fingerprint density at radius 3 is 2.23 bits per heavy atom. The number of benzene rings is 1. The number of anilines is 2. The molecule has 0 bridgehead atoms. The lowest BCUT2D eigenvalue weighted by molar-refractivity contribution is -0.152. The van der Waals surface area contributed by atoms with Crippen LogP contribution >= 0.6 is 23.2 Å². The van der Waals surface area contributed by atoms with Gasteiger partial charge in [-0.05, 0) is 44.0 Å². The number of amides is 1. The van der Waals surface area contributed by atoms with Crippen LogP contribution in [0.15, 0.2) is 24.3 Å². The molecule has 1 aromatic carbocycles. The second-order valence-corrected chi connectivity index (χ2v) is 8.77. The first-order chi connectivity index (χ1) is 12.3. The monoisotopic (exact) mass is 398 g/mol. The molecule has 1 saturated carbocycles. The van der Waals surface area contributed by atoms with Gasteiger partial charge in [-0.3, -0.25) is 9.59 Å². The Bertz CT molecular complexity index is 670. The van der Waals surface area contributed by atoms with Gasteiger partial charge in [0, 0.05) is 30.9 Å². The van der Waals surface area contributed by atoms with Crippen LogP contribution in [0.25, 0.3) is 0 Å². The Hall–Kier alpha value is -1.46. The largest absolute Gasteiger partial charge is 0.455 e. The summed E-state index contributed by atoms with van der Waals surface area (Å²) in [6.45, 7) is 3.42. The Balaban J connectivity index is 1.48. The molecule has 2 fully saturated rings. The van der Waals surface area contributed by atoms with Crippen molar-refractivity contribution in [3.05, 3.63) is 24.3 Å². The molecule has 1 N–H and O–H groups in total. The van der Waals surface area contributed by atoms with Crippen LogP contribution in [0.2, 0.25) is 0 Å². The Labute approximate surface area is 164 Å². The van der Waals surface area contributed by atoms with Gasteiger partial charge in [-0.15, -0.1) is 23.2 Å². The first kappa shape index (κ1) is 19.3. The number of nitrogens with one attached hydrogen (secondary N) is 1. The minimum Gasteiger partial charge on any atom is -0.455 e. The van der Waals surface area contributed by atoms with Gasteiger partial charge in [0.25, 0.3) is 5.91 Å². The number of halogens is 2. The van der Waals surface area contributed by atoms with Gasteiger partial charge in [0.1, 0.15) is 9.75 Å². The highest BCUT2D eigenvalue weighted by Gasteiger charge is 2.69. The highest BCUT2D eigenvalue weighted by atomic mass is 35.5. The van der Waals surface area contributed by atoms with Gasteiger partial charge in [0.05, 0.1) is 0 Å². The van der Waals surface area contributed by atoms with E-state index in [1.165, 1.54) is 31.4 Å². The zero-order valence-corrected chi connectivity index (χ0v) is 16.4. The van der Waals surface area contributed by atoms with E-state index in [-0.39, 0.29) is 12.5 Å². The number of alkyl halides is 2. The number of hydrogen-bond donors (Lipinski definition) is 1. The van der Waals surface area contributed by atoms with Crippen molar-refractivity contribution >= 4 is 46.5 Å². The van der Waals surface area contributed by atoms with Crippen molar-refractivity contribution in [2.45, 2.75) is 43.4 Å². The summed E-state index contributed by atoms with van der Waals surface area (Å²) in [7, 11) is 0. The van der Waals surface area contributed by atoms with E-state index < -0.39 is 15.7 Å². The second-order valence-electron chi connectivity index (χ2n) is 7.29. The highest BCUT2D eigenvalue weighted by molar-refractivity contribution is 6.53. The zero-order chi connectivity index (χ0) is 18.8. The lowest BCUT2D eigenvalue weighted by atomic mass is 10.1. The van der Waals surface area contributed by atoms with Gasteiger partial charge in [0.15, 0.2) is 6.61 Å². The van der Waals surface area contributed by atoms with Crippen LogP contribution in [-0.2, 0) is 14.3 Å². The van der Waals surface area contributed by atoms with Crippen LogP contribution in [0.1, 0.15) is 39.0 Å². The Morgan fingerprint density at radius 2 is 1.69 bits per heavy atom. The fraction of sp³-hybridized carbons (Fsp3) is 0.579. The van der Waals surface area contributed by atoms with E-state index in [0.29, 0.717) is 12.1 Å². The van der Waals surface area contributed by atoms with Crippen molar-refractivity contribution in [1.29, 1.82) is 0 Å². The number of rotatable bonds is 5. The third-order valence-corrected chi connectivity index (χ3v) is 6.27. The van der Waals surface area contributed by atoms with Crippen molar-refractivity contribution < 1.29 is 14.3 Å². The van der Waals surface area contributed by atoms with Crippen molar-refractivity contribution in [2.24, 2.45) is 5.41 Å². The quantitative estimate of drug-likeness (QED) is 0.598. The Kier molecular flexibility index (Phi) is 5.68. The maximum absolute atomic E-state index is 12.0. The lowest BCUT2D eigenvalue weighted by Crippen LogP contribution is -2.27. The summed E-state index contributed by atoms with van der Waals surface area (Å²) in [6, 6.07) is 7.75. The van der Waals surface area contributed by atoms with Crippen LogP contribution in [0.3, 0.4) is 0 Å². The fourth-order valence-electron chi connectivity index (χ4n) is 3.19. The first-order valence-corrected chi connectivity index (χ1v) is 9.77. The topological polar surface area (TPSA) is 58.6 Å². The molecule has 0 unspecified atom stereocenters. The van der Waals surface area contributed by atoms with E-state index in [4.69, 9.17) is 27.9 Å². The molecule has 7 heteroatoms. The molecule has 142 valence electrons. The molecule has 1 aliphatic heterocycles. The molecule has 0 aromatic heterocycles. The molecule has 1 aliphatic carbocycles. The molecule has 1 atom stereocenters. The van der Waals surface area contributed by atoms with E-state index in [1.54, 1.807) is 6.92 Å². The van der Waals surface area contributed by atoms with Crippen LogP contribution in [0.5, 0.6) is 0 Å². The maximum atomic E-state index is 12.0. The van der Waals surface area contributed by atoms with Crippen molar-refractivity contribution in [3.63, 3.8) is 0 Å².